The van der Waals surface area contributed by atoms with Gasteiger partial charge >= 0.3 is 0 Å². The van der Waals surface area contributed by atoms with Gasteiger partial charge in [-0.1, -0.05) is 23.7 Å². The Hall–Kier alpha value is -1.74. The summed E-state index contributed by atoms with van der Waals surface area (Å²) < 4.78 is 13.2. The molecular weight excluding hydrogens is 253 g/mol. The van der Waals surface area contributed by atoms with Crippen LogP contribution in [0.4, 0.5) is 10.1 Å². The number of para-hydroxylation sites is 1. The van der Waals surface area contributed by atoms with E-state index in [1.165, 1.54) is 18.2 Å². The average Bonchev–Trinajstić information content (AvgIpc) is 2.35. The van der Waals surface area contributed by atoms with Crippen LogP contribution in [-0.4, -0.2) is 5.11 Å². The number of benzene rings is 2. The van der Waals surface area contributed by atoms with E-state index in [2.05, 4.69) is 5.32 Å². The molecule has 2 nitrogen and oxygen atoms in total. The fourth-order valence-electron chi connectivity index (χ4n) is 1.76. The van der Waals surface area contributed by atoms with Gasteiger partial charge in [0.15, 0.2) is 0 Å². The maximum atomic E-state index is 13.2. The second-order valence-corrected chi connectivity index (χ2v) is 4.46. The van der Waals surface area contributed by atoms with E-state index in [0.29, 0.717) is 10.6 Å². The molecule has 0 heterocycles. The minimum Gasteiger partial charge on any atom is -0.508 e. The maximum Gasteiger partial charge on any atom is 0.123 e. The first-order valence-corrected chi connectivity index (χ1v) is 5.95. The fourth-order valence-corrected chi connectivity index (χ4v) is 1.95. The highest BCUT2D eigenvalue weighted by atomic mass is 35.5. The topological polar surface area (TPSA) is 32.3 Å². The van der Waals surface area contributed by atoms with Crippen LogP contribution < -0.4 is 5.32 Å². The summed E-state index contributed by atoms with van der Waals surface area (Å²) in [6, 6.07) is 10.9. The van der Waals surface area contributed by atoms with E-state index in [1.807, 2.05) is 25.1 Å². The molecule has 0 radical (unpaired) electrons. The number of hydrogen-bond donors (Lipinski definition) is 2. The normalized spacial score (nSPS) is 12.2. The molecule has 0 aliphatic heterocycles. The SMILES string of the molecule is CC(Nc1ccccc1Cl)c1cc(F)ccc1O. The van der Waals surface area contributed by atoms with Crippen LogP contribution in [0.5, 0.6) is 5.75 Å². The highest BCUT2D eigenvalue weighted by Gasteiger charge is 2.12. The van der Waals surface area contributed by atoms with Crippen molar-refractivity contribution in [3.8, 4) is 5.75 Å². The molecular formula is C14H13ClFNO. The number of aromatic hydroxyl groups is 1. The first kappa shape index (κ1) is 12.7. The molecule has 0 amide bonds. The van der Waals surface area contributed by atoms with E-state index in [9.17, 15) is 9.50 Å². The van der Waals surface area contributed by atoms with Crippen LogP contribution in [0.15, 0.2) is 42.5 Å². The molecule has 18 heavy (non-hydrogen) atoms. The molecule has 0 saturated carbocycles. The summed E-state index contributed by atoms with van der Waals surface area (Å²) in [6.07, 6.45) is 0. The fraction of sp³-hybridized carbons (Fsp3) is 0.143. The monoisotopic (exact) mass is 265 g/mol. The van der Waals surface area contributed by atoms with Crippen molar-refractivity contribution in [3.63, 3.8) is 0 Å². The molecule has 0 aliphatic rings. The molecule has 1 unspecified atom stereocenters. The van der Waals surface area contributed by atoms with Crippen molar-refractivity contribution in [2.45, 2.75) is 13.0 Å². The van der Waals surface area contributed by atoms with Crippen molar-refractivity contribution >= 4 is 17.3 Å². The third kappa shape index (κ3) is 2.74. The Morgan fingerprint density at radius 1 is 1.22 bits per heavy atom. The van der Waals surface area contributed by atoms with Crippen molar-refractivity contribution in [2.75, 3.05) is 5.32 Å². The number of halogens is 2. The predicted octanol–water partition coefficient (Wildman–Crippen LogP) is 4.36. The molecule has 0 aromatic heterocycles. The van der Waals surface area contributed by atoms with E-state index in [0.717, 1.165) is 5.69 Å². The van der Waals surface area contributed by atoms with Crippen molar-refractivity contribution in [3.05, 3.63) is 58.9 Å². The van der Waals surface area contributed by atoms with Crippen LogP contribution in [0.1, 0.15) is 18.5 Å². The van der Waals surface area contributed by atoms with E-state index in [4.69, 9.17) is 11.6 Å². The van der Waals surface area contributed by atoms with Gasteiger partial charge in [0.1, 0.15) is 11.6 Å². The van der Waals surface area contributed by atoms with Crippen LogP contribution in [0.25, 0.3) is 0 Å². The number of phenols is 1. The third-order valence-corrected chi connectivity index (χ3v) is 3.03. The first-order valence-electron chi connectivity index (χ1n) is 5.57. The molecule has 4 heteroatoms. The molecule has 2 N–H and O–H groups in total. The van der Waals surface area contributed by atoms with Gasteiger partial charge in [0.05, 0.1) is 16.8 Å². The quantitative estimate of drug-likeness (QED) is 0.864. The molecule has 0 saturated heterocycles. The van der Waals surface area contributed by atoms with Gasteiger partial charge in [0.2, 0.25) is 0 Å². The lowest BCUT2D eigenvalue weighted by Crippen LogP contribution is -2.07. The Kier molecular flexibility index (Phi) is 3.72. The second-order valence-electron chi connectivity index (χ2n) is 4.05. The van der Waals surface area contributed by atoms with Gasteiger partial charge in [-0.05, 0) is 37.3 Å². The third-order valence-electron chi connectivity index (χ3n) is 2.70. The Labute approximate surface area is 110 Å². The molecule has 2 rings (SSSR count). The minimum atomic E-state index is -0.379. The van der Waals surface area contributed by atoms with Crippen molar-refractivity contribution in [1.82, 2.24) is 0 Å². The molecule has 1 atom stereocenters. The van der Waals surface area contributed by atoms with Crippen LogP contribution in [-0.2, 0) is 0 Å². The molecule has 0 fully saturated rings. The summed E-state index contributed by atoms with van der Waals surface area (Å²) in [5.74, 6) is -0.320. The Morgan fingerprint density at radius 2 is 1.94 bits per heavy atom. The predicted molar refractivity (Wildman–Crippen MR) is 71.6 cm³/mol. The van der Waals surface area contributed by atoms with Gasteiger partial charge in [-0.25, -0.2) is 4.39 Å². The van der Waals surface area contributed by atoms with Crippen molar-refractivity contribution < 1.29 is 9.50 Å². The van der Waals surface area contributed by atoms with Crippen molar-refractivity contribution in [1.29, 1.82) is 0 Å². The van der Waals surface area contributed by atoms with Gasteiger partial charge in [-0.2, -0.15) is 0 Å². The molecule has 94 valence electrons. The Balaban J connectivity index is 2.25. The highest BCUT2D eigenvalue weighted by molar-refractivity contribution is 6.33. The number of phenolic OH excluding ortho intramolecular Hbond substituents is 1. The molecule has 2 aromatic rings. The second kappa shape index (κ2) is 5.27. The zero-order valence-corrected chi connectivity index (χ0v) is 10.6. The number of hydrogen-bond acceptors (Lipinski definition) is 2. The van der Waals surface area contributed by atoms with Gasteiger partial charge in [0, 0.05) is 5.56 Å². The molecule has 0 spiro atoms. The van der Waals surface area contributed by atoms with Gasteiger partial charge < -0.3 is 10.4 Å². The van der Waals surface area contributed by atoms with Gasteiger partial charge in [-0.3, -0.25) is 0 Å². The summed E-state index contributed by atoms with van der Waals surface area (Å²) >= 11 is 6.03. The summed E-state index contributed by atoms with van der Waals surface area (Å²) in [7, 11) is 0. The average molecular weight is 266 g/mol. The Bertz CT molecular complexity index is 559. The largest absolute Gasteiger partial charge is 0.508 e. The Morgan fingerprint density at radius 3 is 2.67 bits per heavy atom. The van der Waals surface area contributed by atoms with Crippen LogP contribution in [0, 0.1) is 5.82 Å². The minimum absolute atomic E-state index is 0.0588. The lowest BCUT2D eigenvalue weighted by molar-refractivity contribution is 0.462. The van der Waals surface area contributed by atoms with E-state index in [1.54, 1.807) is 6.07 Å². The van der Waals surface area contributed by atoms with Gasteiger partial charge in [0.25, 0.3) is 0 Å². The first-order chi connectivity index (χ1) is 8.58. The molecule has 0 bridgehead atoms. The van der Waals surface area contributed by atoms with E-state index in [-0.39, 0.29) is 17.6 Å². The smallest absolute Gasteiger partial charge is 0.123 e. The zero-order valence-electron chi connectivity index (χ0n) is 9.82. The standard InChI is InChI=1S/C14H13ClFNO/c1-9(11-8-10(16)6-7-14(11)18)17-13-5-3-2-4-12(13)15/h2-9,17-18H,1H3. The highest BCUT2D eigenvalue weighted by Crippen LogP contribution is 2.30. The lowest BCUT2D eigenvalue weighted by atomic mass is 10.1. The summed E-state index contributed by atoms with van der Waals surface area (Å²) in [6.45, 7) is 1.83. The summed E-state index contributed by atoms with van der Waals surface area (Å²) in [4.78, 5) is 0. The maximum absolute atomic E-state index is 13.2. The van der Waals surface area contributed by atoms with E-state index < -0.39 is 0 Å². The van der Waals surface area contributed by atoms with Crippen molar-refractivity contribution in [2.24, 2.45) is 0 Å². The summed E-state index contributed by atoms with van der Waals surface area (Å²) in [5.41, 5.74) is 1.24. The molecule has 2 aromatic carbocycles. The molecule has 0 aliphatic carbocycles. The zero-order chi connectivity index (χ0) is 13.1. The van der Waals surface area contributed by atoms with Crippen LogP contribution >= 0.6 is 11.6 Å². The van der Waals surface area contributed by atoms with E-state index >= 15 is 0 Å². The number of anilines is 1. The van der Waals surface area contributed by atoms with Crippen LogP contribution in [0.3, 0.4) is 0 Å². The summed E-state index contributed by atoms with van der Waals surface area (Å²) in [5, 5.41) is 13.4. The lowest BCUT2D eigenvalue weighted by Gasteiger charge is -2.17. The van der Waals surface area contributed by atoms with Gasteiger partial charge in [-0.15, -0.1) is 0 Å². The number of nitrogens with one attached hydrogen (secondary N) is 1. The number of rotatable bonds is 3. The van der Waals surface area contributed by atoms with Crippen LogP contribution in [0.2, 0.25) is 5.02 Å².